The van der Waals surface area contributed by atoms with Crippen molar-refractivity contribution in [1.29, 1.82) is 0 Å². The summed E-state index contributed by atoms with van der Waals surface area (Å²) in [6.07, 6.45) is 0.806. The van der Waals surface area contributed by atoms with Crippen molar-refractivity contribution in [3.63, 3.8) is 0 Å². The fourth-order valence-corrected chi connectivity index (χ4v) is 0. The number of carbonyl (C=O) groups excluding carboxylic acids is 1. The van der Waals surface area contributed by atoms with Gasteiger partial charge in [0, 0.05) is 21.1 Å². The maximum absolute atomic E-state index is 9.44. The third-order valence-corrected chi connectivity index (χ3v) is 0.232. The molecule has 0 fully saturated rings. The van der Waals surface area contributed by atoms with Crippen molar-refractivity contribution in [3.05, 3.63) is 6.92 Å². The molecule has 0 bridgehead atoms. The maximum Gasteiger partial charge on any atom is 0.0925 e. The molecule has 0 saturated heterocycles. The Balaban J connectivity index is 0. The molecule has 0 saturated carbocycles. The van der Waals surface area contributed by atoms with Gasteiger partial charge in [-0.25, -0.2) is 0 Å². The zero-order valence-corrected chi connectivity index (χ0v) is 6.61. The molecule has 36 valence electrons. The van der Waals surface area contributed by atoms with Crippen molar-refractivity contribution in [3.8, 4) is 0 Å². The van der Waals surface area contributed by atoms with Crippen LogP contribution in [0.5, 0.6) is 0 Å². The Bertz CT molecular complexity index is 34.5. The largest absolute Gasteiger partial charge is 0.334 e. The summed E-state index contributed by atoms with van der Waals surface area (Å²) in [6, 6.07) is 0. The Labute approximate surface area is 52.4 Å². The van der Waals surface area contributed by atoms with Gasteiger partial charge in [0.15, 0.2) is 0 Å². The first-order valence-corrected chi connectivity index (χ1v) is 1.55. The third kappa shape index (κ3) is 8.84. The third-order valence-electron chi connectivity index (χ3n) is 0.232. The van der Waals surface area contributed by atoms with Crippen LogP contribution in [-0.4, -0.2) is 6.29 Å². The molecule has 0 heterocycles. The Kier molecular flexibility index (Phi) is 8.58. The zero-order chi connectivity index (χ0) is 4.28. The molecule has 0 aliphatic carbocycles. The van der Waals surface area contributed by atoms with Gasteiger partial charge in [-0.15, -0.1) is 5.92 Å². The molecule has 6 heavy (non-hydrogen) atoms. The predicted octanol–water partition coefficient (Wildman–Crippen LogP) is 0.653. The summed E-state index contributed by atoms with van der Waals surface area (Å²) >= 11 is 0. The topological polar surface area (TPSA) is 17.1 Å². The molecule has 0 aromatic heterocycles. The Morgan fingerprint density at radius 2 is 2.00 bits per heavy atom. The zero-order valence-electron chi connectivity index (χ0n) is 3.68. The van der Waals surface area contributed by atoms with Crippen LogP contribution in [0.25, 0.3) is 0 Å². The number of carbonyl (C=O) groups is 1. The summed E-state index contributed by atoms with van der Waals surface area (Å²) in [4.78, 5) is 9.44. The van der Waals surface area contributed by atoms with E-state index in [0.717, 1.165) is 6.29 Å². The minimum Gasteiger partial charge on any atom is -0.334 e. The van der Waals surface area contributed by atoms with Crippen LogP contribution in [0.4, 0.5) is 0 Å². The summed E-state index contributed by atoms with van der Waals surface area (Å²) in [6.45, 7) is 5.13. The standard InChI is InChI=1S/C4H7O.W/c1-4(2)3-5;/h3-4H,1H2,2H3;/q-1;. The van der Waals surface area contributed by atoms with Crippen LogP contribution >= 0.6 is 0 Å². The first-order valence-electron chi connectivity index (χ1n) is 1.55. The number of rotatable bonds is 1. The van der Waals surface area contributed by atoms with E-state index in [1.54, 1.807) is 6.92 Å². The van der Waals surface area contributed by atoms with E-state index in [9.17, 15) is 4.79 Å². The minimum absolute atomic E-state index is 0. The van der Waals surface area contributed by atoms with Crippen molar-refractivity contribution in [2.24, 2.45) is 5.92 Å². The summed E-state index contributed by atoms with van der Waals surface area (Å²) in [5.74, 6) is -0.0463. The van der Waals surface area contributed by atoms with E-state index in [0.29, 0.717) is 0 Å². The molecule has 0 rings (SSSR count). The normalized spacial score (nSPS) is 11.7. The minimum atomic E-state index is -0.0463. The molecule has 0 N–H and O–H groups in total. The van der Waals surface area contributed by atoms with Gasteiger partial charge in [-0.1, -0.05) is 6.92 Å². The van der Waals surface area contributed by atoms with Crippen LogP contribution in [0.3, 0.4) is 0 Å². The molecule has 0 aliphatic rings. The molecule has 1 unspecified atom stereocenters. The SMILES string of the molecule is [CH2-]C(C)C=O.[W]. The molecule has 1 nitrogen and oxygen atoms in total. The monoisotopic (exact) mass is 255 g/mol. The van der Waals surface area contributed by atoms with Gasteiger partial charge in [-0.2, -0.15) is 0 Å². The first kappa shape index (κ1) is 9.61. The van der Waals surface area contributed by atoms with Crippen molar-refractivity contribution < 1.29 is 25.9 Å². The van der Waals surface area contributed by atoms with Gasteiger partial charge >= 0.3 is 0 Å². The first-order chi connectivity index (χ1) is 2.27. The van der Waals surface area contributed by atoms with Gasteiger partial charge in [-0.05, 0) is 0 Å². The quantitative estimate of drug-likeness (QED) is 0.496. The molecular formula is C4H7OW-. The molecule has 1 atom stereocenters. The molecule has 0 aromatic carbocycles. The molecule has 0 radical (unpaired) electrons. The Hall–Kier alpha value is 0.358. The smallest absolute Gasteiger partial charge is 0.0925 e. The Morgan fingerprint density at radius 3 is 2.00 bits per heavy atom. The van der Waals surface area contributed by atoms with Gasteiger partial charge in [0.25, 0.3) is 0 Å². The predicted molar refractivity (Wildman–Crippen MR) is 20.6 cm³/mol. The second kappa shape index (κ2) is 5.36. The molecule has 0 aliphatic heterocycles. The van der Waals surface area contributed by atoms with Crippen LogP contribution in [0.15, 0.2) is 0 Å². The second-order valence-corrected chi connectivity index (χ2v) is 1.11. The van der Waals surface area contributed by atoms with E-state index in [1.165, 1.54) is 0 Å². The van der Waals surface area contributed by atoms with Gasteiger partial charge < -0.3 is 11.7 Å². The fourth-order valence-electron chi connectivity index (χ4n) is 0. The number of hydrogen-bond donors (Lipinski definition) is 0. The molecule has 0 amide bonds. The molecule has 0 aromatic rings. The van der Waals surface area contributed by atoms with Crippen LogP contribution in [0, 0.1) is 12.8 Å². The van der Waals surface area contributed by atoms with Crippen molar-refractivity contribution in [2.75, 3.05) is 0 Å². The number of aldehydes is 1. The Morgan fingerprint density at radius 1 is 1.83 bits per heavy atom. The molecule has 2 heteroatoms. The van der Waals surface area contributed by atoms with Crippen LogP contribution in [-0.2, 0) is 25.9 Å². The van der Waals surface area contributed by atoms with Crippen molar-refractivity contribution >= 4 is 6.29 Å². The van der Waals surface area contributed by atoms with Gasteiger partial charge in [0.2, 0.25) is 0 Å². The van der Waals surface area contributed by atoms with E-state index in [-0.39, 0.29) is 27.0 Å². The average molecular weight is 255 g/mol. The second-order valence-electron chi connectivity index (χ2n) is 1.11. The van der Waals surface area contributed by atoms with E-state index < -0.39 is 0 Å². The summed E-state index contributed by atoms with van der Waals surface area (Å²) in [7, 11) is 0. The fraction of sp³-hybridized carbons (Fsp3) is 0.500. The van der Waals surface area contributed by atoms with E-state index in [2.05, 4.69) is 6.92 Å². The van der Waals surface area contributed by atoms with E-state index >= 15 is 0 Å². The van der Waals surface area contributed by atoms with E-state index in [1.807, 2.05) is 0 Å². The van der Waals surface area contributed by atoms with Gasteiger partial charge in [-0.3, -0.25) is 0 Å². The number of hydrogen-bond acceptors (Lipinski definition) is 1. The average Bonchev–Trinajstić information content (AvgIpc) is 1.38. The van der Waals surface area contributed by atoms with Crippen LogP contribution in [0.1, 0.15) is 6.92 Å². The van der Waals surface area contributed by atoms with Crippen LogP contribution < -0.4 is 0 Å². The maximum atomic E-state index is 9.44. The van der Waals surface area contributed by atoms with Crippen molar-refractivity contribution in [1.82, 2.24) is 0 Å². The molecular weight excluding hydrogens is 248 g/mol. The van der Waals surface area contributed by atoms with Crippen molar-refractivity contribution in [2.45, 2.75) is 6.92 Å². The summed E-state index contributed by atoms with van der Waals surface area (Å²) in [5.41, 5.74) is 0. The summed E-state index contributed by atoms with van der Waals surface area (Å²) in [5, 5.41) is 0. The summed E-state index contributed by atoms with van der Waals surface area (Å²) < 4.78 is 0. The van der Waals surface area contributed by atoms with Gasteiger partial charge in [0.05, 0.1) is 6.29 Å². The molecule has 0 spiro atoms. The van der Waals surface area contributed by atoms with E-state index in [4.69, 9.17) is 0 Å². The van der Waals surface area contributed by atoms with Crippen LogP contribution in [0.2, 0.25) is 0 Å². The van der Waals surface area contributed by atoms with Gasteiger partial charge in [0.1, 0.15) is 0 Å².